The van der Waals surface area contributed by atoms with Crippen LogP contribution in [0.25, 0.3) is 11.1 Å². The number of nitrogens with zero attached hydrogens (tertiary/aromatic N) is 2. The van der Waals surface area contributed by atoms with E-state index < -0.39 is 12.0 Å². The molecule has 3 aromatic rings. The second kappa shape index (κ2) is 8.34. The van der Waals surface area contributed by atoms with Crippen molar-refractivity contribution in [2.75, 3.05) is 18.6 Å². The van der Waals surface area contributed by atoms with Gasteiger partial charge in [-0.25, -0.2) is 9.59 Å². The molecule has 2 heterocycles. The zero-order valence-corrected chi connectivity index (χ0v) is 16.2. The molecule has 1 fully saturated rings. The van der Waals surface area contributed by atoms with Gasteiger partial charge < -0.3 is 18.8 Å². The van der Waals surface area contributed by atoms with E-state index in [0.717, 1.165) is 18.4 Å². The highest BCUT2D eigenvalue weighted by molar-refractivity contribution is 6.01. The Balaban J connectivity index is 1.57. The van der Waals surface area contributed by atoms with E-state index in [2.05, 4.69) is 4.98 Å². The number of carbonyl (C=O) groups excluding carboxylic acids is 2. The summed E-state index contributed by atoms with van der Waals surface area (Å²) in [5.41, 5.74) is 2.15. The largest absolute Gasteiger partial charge is 0.465 e. The second-order valence-corrected chi connectivity index (χ2v) is 6.94. The summed E-state index contributed by atoms with van der Waals surface area (Å²) in [5.74, 6) is -0.792. The van der Waals surface area contributed by atoms with Crippen LogP contribution in [0.15, 0.2) is 52.9 Å². The van der Waals surface area contributed by atoms with E-state index >= 15 is 0 Å². The fourth-order valence-corrected chi connectivity index (χ4v) is 3.56. The van der Waals surface area contributed by atoms with Gasteiger partial charge in [0.2, 0.25) is 0 Å². The van der Waals surface area contributed by atoms with E-state index in [0.29, 0.717) is 35.6 Å². The van der Waals surface area contributed by atoms with E-state index in [4.69, 9.17) is 13.9 Å². The molecule has 1 unspecified atom stereocenters. The molecule has 1 aromatic heterocycles. The summed E-state index contributed by atoms with van der Waals surface area (Å²) >= 11 is 0. The van der Waals surface area contributed by atoms with Crippen LogP contribution < -0.4 is 4.90 Å². The maximum atomic E-state index is 12.8. The number of carbonyl (C=O) groups is 2. The molecule has 150 valence electrons. The summed E-state index contributed by atoms with van der Waals surface area (Å²) in [5, 5.41) is 0. The predicted molar refractivity (Wildman–Crippen MR) is 107 cm³/mol. The van der Waals surface area contributed by atoms with Gasteiger partial charge in [-0.15, -0.1) is 0 Å². The van der Waals surface area contributed by atoms with E-state index in [1.54, 1.807) is 18.2 Å². The molecule has 2 aromatic carbocycles. The minimum atomic E-state index is -0.490. The first kappa shape index (κ1) is 19.0. The van der Waals surface area contributed by atoms with Crippen LogP contribution in [0.4, 0.5) is 6.01 Å². The molecule has 0 N–H and O–H groups in total. The van der Waals surface area contributed by atoms with Gasteiger partial charge in [-0.05, 0) is 37.0 Å². The summed E-state index contributed by atoms with van der Waals surface area (Å²) in [6, 6.07) is 14.5. The van der Waals surface area contributed by atoms with Gasteiger partial charge in [0.1, 0.15) is 23.7 Å². The Labute approximate surface area is 168 Å². The van der Waals surface area contributed by atoms with Crippen LogP contribution in [-0.2, 0) is 20.9 Å². The number of rotatable bonds is 5. The van der Waals surface area contributed by atoms with Crippen LogP contribution in [0.3, 0.4) is 0 Å². The van der Waals surface area contributed by atoms with Crippen molar-refractivity contribution in [3.63, 3.8) is 0 Å². The van der Waals surface area contributed by atoms with Gasteiger partial charge in [0, 0.05) is 6.54 Å². The van der Waals surface area contributed by atoms with Gasteiger partial charge in [0.25, 0.3) is 6.01 Å². The number of oxazole rings is 1. The van der Waals surface area contributed by atoms with Crippen molar-refractivity contribution in [3.05, 3.63) is 59.7 Å². The number of fused-ring (bicyclic) bond motifs is 1. The lowest BCUT2D eigenvalue weighted by Crippen LogP contribution is -2.45. The third kappa shape index (κ3) is 3.94. The molecular weight excluding hydrogens is 372 g/mol. The van der Waals surface area contributed by atoms with Crippen LogP contribution in [-0.4, -0.2) is 36.6 Å². The summed E-state index contributed by atoms with van der Waals surface area (Å²) in [4.78, 5) is 31.1. The third-order valence-electron chi connectivity index (χ3n) is 5.05. The number of piperidine rings is 1. The van der Waals surface area contributed by atoms with Crippen molar-refractivity contribution in [3.8, 4) is 0 Å². The number of methoxy groups -OCH3 is 1. The number of ether oxygens (including phenoxy) is 2. The van der Waals surface area contributed by atoms with Gasteiger partial charge in [-0.2, -0.15) is 4.98 Å². The van der Waals surface area contributed by atoms with Gasteiger partial charge in [-0.1, -0.05) is 36.4 Å². The summed E-state index contributed by atoms with van der Waals surface area (Å²) < 4.78 is 16.3. The first-order valence-corrected chi connectivity index (χ1v) is 9.62. The second-order valence-electron chi connectivity index (χ2n) is 6.94. The highest BCUT2D eigenvalue weighted by atomic mass is 16.5. The molecule has 1 aliphatic heterocycles. The van der Waals surface area contributed by atoms with Crippen molar-refractivity contribution in [2.45, 2.75) is 31.9 Å². The standard InChI is InChI=1S/C22H22N2O5/c1-27-20(25)16-10-7-11-17-19(16)29-22(23-17)24-13-6-5-12-18(24)21(26)28-14-15-8-3-2-4-9-15/h2-4,7-11,18H,5-6,12-14H2,1H3. The van der Waals surface area contributed by atoms with Crippen molar-refractivity contribution in [1.29, 1.82) is 0 Å². The Hall–Kier alpha value is -3.35. The van der Waals surface area contributed by atoms with Crippen molar-refractivity contribution in [2.24, 2.45) is 0 Å². The Morgan fingerprint density at radius 3 is 2.76 bits per heavy atom. The number of hydrogen-bond donors (Lipinski definition) is 0. The number of aromatic nitrogens is 1. The van der Waals surface area contributed by atoms with Crippen LogP contribution in [0, 0.1) is 0 Å². The summed E-state index contributed by atoms with van der Waals surface area (Å²) in [6.07, 6.45) is 2.51. The van der Waals surface area contributed by atoms with Crippen LogP contribution in [0.2, 0.25) is 0 Å². The smallest absolute Gasteiger partial charge is 0.341 e. The van der Waals surface area contributed by atoms with Crippen molar-refractivity contribution >= 4 is 29.1 Å². The minimum absolute atomic E-state index is 0.226. The molecule has 0 amide bonds. The zero-order chi connectivity index (χ0) is 20.2. The fraction of sp³-hybridized carbons (Fsp3) is 0.318. The summed E-state index contributed by atoms with van der Waals surface area (Å²) in [6.45, 7) is 0.857. The molecule has 0 bridgehead atoms. The van der Waals surface area contributed by atoms with Crippen molar-refractivity contribution in [1.82, 2.24) is 4.98 Å². The maximum Gasteiger partial charge on any atom is 0.341 e. The lowest BCUT2D eigenvalue weighted by molar-refractivity contribution is -0.147. The highest BCUT2D eigenvalue weighted by Crippen LogP contribution is 2.30. The number of esters is 2. The average Bonchev–Trinajstić information content (AvgIpc) is 3.22. The Morgan fingerprint density at radius 1 is 1.14 bits per heavy atom. The Morgan fingerprint density at radius 2 is 1.97 bits per heavy atom. The molecule has 4 rings (SSSR count). The lowest BCUT2D eigenvalue weighted by atomic mass is 10.0. The first-order valence-electron chi connectivity index (χ1n) is 9.62. The van der Waals surface area contributed by atoms with E-state index in [-0.39, 0.29) is 12.6 Å². The fourth-order valence-electron chi connectivity index (χ4n) is 3.56. The number of anilines is 1. The number of hydrogen-bond acceptors (Lipinski definition) is 7. The Bertz CT molecular complexity index is 1010. The van der Waals surface area contributed by atoms with Gasteiger partial charge >= 0.3 is 11.9 Å². The van der Waals surface area contributed by atoms with Crippen LogP contribution in [0.5, 0.6) is 0 Å². The lowest BCUT2D eigenvalue weighted by Gasteiger charge is -2.32. The van der Waals surface area contributed by atoms with Crippen LogP contribution in [0.1, 0.15) is 35.2 Å². The topological polar surface area (TPSA) is 81.9 Å². The van der Waals surface area contributed by atoms with Gasteiger partial charge in [-0.3, -0.25) is 0 Å². The molecule has 1 atom stereocenters. The molecular formula is C22H22N2O5. The first-order chi connectivity index (χ1) is 14.2. The maximum absolute atomic E-state index is 12.8. The summed E-state index contributed by atoms with van der Waals surface area (Å²) in [7, 11) is 1.32. The molecule has 1 saturated heterocycles. The van der Waals surface area contributed by atoms with Crippen LogP contribution >= 0.6 is 0 Å². The van der Waals surface area contributed by atoms with E-state index in [9.17, 15) is 9.59 Å². The highest BCUT2D eigenvalue weighted by Gasteiger charge is 2.33. The SMILES string of the molecule is COC(=O)c1cccc2nc(N3CCCCC3C(=O)OCc3ccccc3)oc12. The van der Waals surface area contributed by atoms with Gasteiger partial charge in [0.05, 0.1) is 7.11 Å². The molecule has 0 radical (unpaired) electrons. The van der Waals surface area contributed by atoms with E-state index in [1.807, 2.05) is 35.2 Å². The van der Waals surface area contributed by atoms with E-state index in [1.165, 1.54) is 7.11 Å². The predicted octanol–water partition coefficient (Wildman–Crippen LogP) is 3.72. The van der Waals surface area contributed by atoms with Crippen molar-refractivity contribution < 1.29 is 23.5 Å². The zero-order valence-electron chi connectivity index (χ0n) is 16.2. The monoisotopic (exact) mass is 394 g/mol. The number of benzene rings is 2. The molecule has 0 aliphatic carbocycles. The molecule has 0 spiro atoms. The average molecular weight is 394 g/mol. The van der Waals surface area contributed by atoms with Gasteiger partial charge in [0.15, 0.2) is 5.58 Å². The molecule has 7 nitrogen and oxygen atoms in total. The molecule has 1 aliphatic rings. The molecule has 0 saturated carbocycles. The number of para-hydroxylation sites is 1. The minimum Gasteiger partial charge on any atom is -0.465 e. The molecule has 29 heavy (non-hydrogen) atoms. The quantitative estimate of drug-likeness (QED) is 0.610. The molecule has 7 heteroatoms. The third-order valence-corrected chi connectivity index (χ3v) is 5.05. The Kier molecular flexibility index (Phi) is 5.46. The normalized spacial score (nSPS) is 16.6.